The van der Waals surface area contributed by atoms with Crippen molar-refractivity contribution in [1.82, 2.24) is 9.97 Å². The minimum Gasteiger partial charge on any atom is -0.294 e. The number of nitrogens with zero attached hydrogens (tertiary/aromatic N) is 2. The number of benzene rings is 3. The Balaban J connectivity index is 1.63. The Morgan fingerprint density at radius 3 is 1.89 bits per heavy atom. The normalized spacial score (nSPS) is 10.5. The topological polar surface area (TPSA) is 37.8 Å². The zero-order valence-electron chi connectivity index (χ0n) is 14.4. The smallest absolute Gasteiger partial charge is 0.234 e. The van der Waals surface area contributed by atoms with E-state index in [1.165, 1.54) is 11.9 Å². The minimum atomic E-state index is 0.601. The summed E-state index contributed by atoms with van der Waals surface area (Å²) in [6, 6.07) is 32.6. The average Bonchev–Trinajstić information content (AvgIpc) is 2.74. The van der Waals surface area contributed by atoms with Crippen molar-refractivity contribution in [2.24, 2.45) is 0 Å². The summed E-state index contributed by atoms with van der Waals surface area (Å²) >= 11 is 3.14. The van der Waals surface area contributed by atoms with Crippen LogP contribution in [-0.2, 0) is 0 Å². The minimum absolute atomic E-state index is 0.601. The molecular weight excluding hydrogens is 370 g/mol. The van der Waals surface area contributed by atoms with E-state index in [1.807, 2.05) is 60.7 Å². The Morgan fingerprint density at radius 2 is 1.22 bits per heavy atom. The van der Waals surface area contributed by atoms with E-state index in [4.69, 9.17) is 4.98 Å². The summed E-state index contributed by atoms with van der Waals surface area (Å²) in [6.07, 6.45) is 0. The lowest BCUT2D eigenvalue weighted by Crippen LogP contribution is -1.98. The Kier molecular flexibility index (Phi) is 5.72. The van der Waals surface area contributed by atoms with Gasteiger partial charge in [0.1, 0.15) is 5.03 Å². The van der Waals surface area contributed by atoms with Gasteiger partial charge in [-0.15, -0.1) is 0 Å². The van der Waals surface area contributed by atoms with Gasteiger partial charge in [-0.05, 0) is 42.3 Å². The fraction of sp³-hybridized carbons (Fsp3) is 0. The Bertz CT molecular complexity index is 994. The van der Waals surface area contributed by atoms with Gasteiger partial charge in [0, 0.05) is 15.4 Å². The summed E-state index contributed by atoms with van der Waals surface area (Å²) in [5, 5.41) is 0.909. The molecule has 0 bridgehead atoms. The van der Waals surface area contributed by atoms with E-state index in [9.17, 15) is 0 Å². The van der Waals surface area contributed by atoms with Gasteiger partial charge in [0.2, 0.25) is 5.95 Å². The Labute approximate surface area is 167 Å². The molecular formula is C22H17N3S2. The molecule has 0 radical (unpaired) electrons. The second-order valence-corrected chi connectivity index (χ2v) is 7.69. The lowest BCUT2D eigenvalue weighted by atomic mass is 10.1. The van der Waals surface area contributed by atoms with Crippen LogP contribution < -0.4 is 4.72 Å². The third-order valence-electron chi connectivity index (χ3n) is 3.74. The lowest BCUT2D eigenvalue weighted by molar-refractivity contribution is 1.07. The molecule has 3 aromatic carbocycles. The van der Waals surface area contributed by atoms with Gasteiger partial charge in [0.15, 0.2) is 0 Å². The highest BCUT2D eigenvalue weighted by Gasteiger charge is 2.08. The molecule has 0 saturated carbocycles. The fourth-order valence-corrected chi connectivity index (χ4v) is 3.91. The van der Waals surface area contributed by atoms with Gasteiger partial charge in [-0.3, -0.25) is 4.72 Å². The van der Waals surface area contributed by atoms with Crippen LogP contribution in [0, 0.1) is 0 Å². The van der Waals surface area contributed by atoms with Gasteiger partial charge in [0.05, 0.1) is 5.69 Å². The Hall–Kier alpha value is -2.76. The molecule has 1 aromatic heterocycles. The van der Waals surface area contributed by atoms with Crippen molar-refractivity contribution in [3.05, 3.63) is 97.1 Å². The first-order chi connectivity index (χ1) is 13.4. The molecule has 5 heteroatoms. The maximum atomic E-state index is 4.70. The van der Waals surface area contributed by atoms with Gasteiger partial charge < -0.3 is 0 Å². The van der Waals surface area contributed by atoms with Crippen LogP contribution in [0.25, 0.3) is 11.3 Å². The van der Waals surface area contributed by atoms with Gasteiger partial charge in [-0.2, -0.15) is 0 Å². The van der Waals surface area contributed by atoms with Crippen molar-refractivity contribution in [2.45, 2.75) is 14.8 Å². The molecule has 132 valence electrons. The predicted molar refractivity (Wildman–Crippen MR) is 114 cm³/mol. The van der Waals surface area contributed by atoms with Crippen molar-refractivity contribution in [2.75, 3.05) is 4.72 Å². The van der Waals surface area contributed by atoms with Crippen LogP contribution >= 0.6 is 23.7 Å². The van der Waals surface area contributed by atoms with Crippen molar-refractivity contribution in [3.63, 3.8) is 0 Å². The second-order valence-electron chi connectivity index (χ2n) is 5.71. The summed E-state index contributed by atoms with van der Waals surface area (Å²) in [7, 11) is 0. The monoisotopic (exact) mass is 387 g/mol. The highest BCUT2D eigenvalue weighted by Crippen LogP contribution is 2.30. The van der Waals surface area contributed by atoms with Crippen LogP contribution in [0.15, 0.2) is 112 Å². The van der Waals surface area contributed by atoms with Crippen molar-refractivity contribution in [3.8, 4) is 11.3 Å². The molecule has 0 aliphatic carbocycles. The van der Waals surface area contributed by atoms with E-state index in [-0.39, 0.29) is 0 Å². The molecule has 0 spiro atoms. The molecule has 27 heavy (non-hydrogen) atoms. The summed E-state index contributed by atoms with van der Waals surface area (Å²) < 4.78 is 3.28. The van der Waals surface area contributed by atoms with Crippen LogP contribution in [0.1, 0.15) is 0 Å². The van der Waals surface area contributed by atoms with Gasteiger partial charge in [0.25, 0.3) is 0 Å². The number of hydrogen-bond acceptors (Lipinski definition) is 5. The van der Waals surface area contributed by atoms with Crippen LogP contribution in [0.2, 0.25) is 0 Å². The van der Waals surface area contributed by atoms with Crippen LogP contribution in [-0.4, -0.2) is 9.97 Å². The standard InChI is InChI=1S/C22H17N3S2/c1-4-10-17(11-5-1)20-16-21(26-18-12-6-2-7-13-18)24-22(23-20)25-27-19-14-8-3-9-15-19/h1-16H,(H,23,24,25). The van der Waals surface area contributed by atoms with Crippen LogP contribution in [0.4, 0.5) is 5.95 Å². The van der Waals surface area contributed by atoms with Gasteiger partial charge in [-0.1, -0.05) is 78.5 Å². The average molecular weight is 388 g/mol. The quantitative estimate of drug-likeness (QED) is 0.305. The summed E-state index contributed by atoms with van der Waals surface area (Å²) in [4.78, 5) is 11.7. The van der Waals surface area contributed by atoms with Crippen LogP contribution in [0.5, 0.6) is 0 Å². The molecule has 4 rings (SSSR count). The molecule has 0 aliphatic rings. The van der Waals surface area contributed by atoms with Crippen LogP contribution in [0.3, 0.4) is 0 Å². The predicted octanol–water partition coefficient (Wildman–Crippen LogP) is 6.41. The third kappa shape index (κ3) is 4.90. The maximum absolute atomic E-state index is 4.70. The molecule has 1 heterocycles. The van der Waals surface area contributed by atoms with E-state index in [1.54, 1.807) is 11.8 Å². The first-order valence-electron chi connectivity index (χ1n) is 8.52. The molecule has 0 saturated heterocycles. The van der Waals surface area contributed by atoms with E-state index in [0.717, 1.165) is 26.1 Å². The Morgan fingerprint density at radius 1 is 0.630 bits per heavy atom. The fourth-order valence-electron chi connectivity index (χ4n) is 2.48. The molecule has 4 aromatic rings. The van der Waals surface area contributed by atoms with Gasteiger partial charge >= 0.3 is 0 Å². The summed E-state index contributed by atoms with van der Waals surface area (Å²) in [5.74, 6) is 0.601. The third-order valence-corrected chi connectivity index (χ3v) is 5.46. The van der Waals surface area contributed by atoms with E-state index in [0.29, 0.717) is 5.95 Å². The molecule has 0 atom stereocenters. The molecule has 1 N–H and O–H groups in total. The van der Waals surface area contributed by atoms with E-state index < -0.39 is 0 Å². The zero-order valence-corrected chi connectivity index (χ0v) is 16.1. The number of anilines is 1. The molecule has 0 amide bonds. The number of nitrogens with one attached hydrogen (secondary N) is 1. The number of hydrogen-bond donors (Lipinski definition) is 1. The highest BCUT2D eigenvalue weighted by atomic mass is 32.2. The molecule has 3 nitrogen and oxygen atoms in total. The SMILES string of the molecule is c1ccc(SNc2nc(Sc3ccccc3)cc(-c3ccccc3)n2)cc1. The van der Waals surface area contributed by atoms with E-state index >= 15 is 0 Å². The molecule has 0 aliphatic heterocycles. The summed E-state index contributed by atoms with van der Waals surface area (Å²) in [6.45, 7) is 0. The lowest BCUT2D eigenvalue weighted by Gasteiger charge is -2.09. The zero-order chi connectivity index (χ0) is 18.3. The second kappa shape index (κ2) is 8.75. The molecule has 0 fully saturated rings. The van der Waals surface area contributed by atoms with Crippen molar-refractivity contribution < 1.29 is 0 Å². The first kappa shape index (κ1) is 17.6. The maximum Gasteiger partial charge on any atom is 0.234 e. The highest BCUT2D eigenvalue weighted by molar-refractivity contribution is 8.00. The van der Waals surface area contributed by atoms with Crippen molar-refractivity contribution in [1.29, 1.82) is 0 Å². The number of aromatic nitrogens is 2. The largest absolute Gasteiger partial charge is 0.294 e. The molecule has 0 unspecified atom stereocenters. The first-order valence-corrected chi connectivity index (χ1v) is 10.2. The van der Waals surface area contributed by atoms with E-state index in [2.05, 4.69) is 46.1 Å². The summed E-state index contributed by atoms with van der Waals surface area (Å²) in [5.41, 5.74) is 1.97. The van der Waals surface area contributed by atoms with Crippen molar-refractivity contribution >= 4 is 29.7 Å². The van der Waals surface area contributed by atoms with Gasteiger partial charge in [-0.25, -0.2) is 9.97 Å². The number of rotatable bonds is 6.